The van der Waals surface area contributed by atoms with E-state index in [1.54, 1.807) is 12.1 Å². The van der Waals surface area contributed by atoms with Crippen molar-refractivity contribution in [1.29, 1.82) is 0 Å². The van der Waals surface area contributed by atoms with Crippen LogP contribution < -0.4 is 0 Å². The molecule has 0 N–H and O–H groups in total. The van der Waals surface area contributed by atoms with Gasteiger partial charge in [0.15, 0.2) is 0 Å². The second kappa shape index (κ2) is 11.9. The molecule has 0 amide bonds. The molecule has 0 spiro atoms. The Balaban J connectivity index is 0.00000141. The Bertz CT molecular complexity index is 695. The van der Waals surface area contributed by atoms with Crippen LogP contribution in [0.5, 0.6) is 0 Å². The second-order valence-electron chi connectivity index (χ2n) is 9.11. The highest BCUT2D eigenvalue weighted by Gasteiger charge is 2.44. The molecule has 2 atom stereocenters. The summed E-state index contributed by atoms with van der Waals surface area (Å²) in [5.41, 5.74) is 1.39. The van der Waals surface area contributed by atoms with E-state index in [-0.39, 0.29) is 23.3 Å². The van der Waals surface area contributed by atoms with E-state index in [0.717, 1.165) is 36.2 Å². The van der Waals surface area contributed by atoms with Crippen LogP contribution in [0.1, 0.15) is 65.9 Å². The summed E-state index contributed by atoms with van der Waals surface area (Å²) in [4.78, 5) is 12.6. The highest BCUT2D eigenvalue weighted by molar-refractivity contribution is 8.28. The van der Waals surface area contributed by atoms with Crippen molar-refractivity contribution in [2.75, 3.05) is 25.4 Å². The lowest BCUT2D eigenvalue weighted by Crippen LogP contribution is -2.40. The predicted molar refractivity (Wildman–Crippen MR) is 128 cm³/mol. The Labute approximate surface area is 184 Å². The number of hydrogen-bond acceptors (Lipinski definition) is 3. The molecular formula is C25H41FO3S. The van der Waals surface area contributed by atoms with Crippen LogP contribution >= 0.6 is 10.3 Å². The Hall–Kier alpha value is -1.33. The van der Waals surface area contributed by atoms with E-state index in [9.17, 15) is 9.18 Å². The summed E-state index contributed by atoms with van der Waals surface area (Å²) in [7, 11) is 0.248. The van der Waals surface area contributed by atoms with Gasteiger partial charge >= 0.3 is 5.97 Å². The summed E-state index contributed by atoms with van der Waals surface area (Å²) in [6.45, 7) is 10.6. The molecule has 172 valence electrons. The molecule has 0 saturated heterocycles. The summed E-state index contributed by atoms with van der Waals surface area (Å²) in [5, 5.41) is 0. The number of hydrogen-bond donors (Lipinski definition) is 0. The number of benzene rings is 1. The van der Waals surface area contributed by atoms with Crippen LogP contribution in [0.25, 0.3) is 5.57 Å². The molecule has 5 heteroatoms. The minimum Gasteiger partial charge on any atom is -0.469 e. The summed E-state index contributed by atoms with van der Waals surface area (Å²) >= 11 is 0. The molecule has 0 fully saturated rings. The van der Waals surface area contributed by atoms with Gasteiger partial charge in [0.1, 0.15) is 5.82 Å². The zero-order valence-electron chi connectivity index (χ0n) is 20.1. The van der Waals surface area contributed by atoms with E-state index >= 15 is 0 Å². The Kier molecular flexibility index (Phi) is 10.6. The van der Waals surface area contributed by atoms with Crippen molar-refractivity contribution in [3.05, 3.63) is 41.7 Å². The third-order valence-corrected chi connectivity index (χ3v) is 7.21. The summed E-state index contributed by atoms with van der Waals surface area (Å²) < 4.78 is 25.0. The van der Waals surface area contributed by atoms with Crippen molar-refractivity contribution in [3.8, 4) is 0 Å². The third-order valence-electron chi connectivity index (χ3n) is 5.17. The molecule has 0 aliphatic heterocycles. The molecule has 1 aromatic carbocycles. The zero-order valence-corrected chi connectivity index (χ0v) is 20.9. The molecular weight excluding hydrogens is 399 g/mol. The lowest BCUT2D eigenvalue weighted by atomic mass is 9.66. The molecule has 1 aliphatic carbocycles. The molecule has 0 heterocycles. The summed E-state index contributed by atoms with van der Waals surface area (Å²) in [6, 6.07) is 6.31. The standard InChI is InChI=1S/C22H33FO3S.C3H8/c1-7-8-13-27(5,6)26-18-14-19(16-9-11-17(23)12-10-16)20(21(24)25-4)22(2,3)15-18;1-3-2/h9-12,14,18,20H,7-8,13,15H2,1-6H3;3H2,1-2H3. The molecule has 3 nitrogen and oxygen atoms in total. The van der Waals surface area contributed by atoms with E-state index in [1.165, 1.54) is 25.7 Å². The highest BCUT2D eigenvalue weighted by atomic mass is 32.3. The topological polar surface area (TPSA) is 35.5 Å². The number of carbonyl (C=O) groups excluding carboxylic acids is 1. The van der Waals surface area contributed by atoms with Gasteiger partial charge in [0.05, 0.1) is 19.1 Å². The molecule has 1 aliphatic rings. The normalized spacial score (nSPS) is 21.2. The fourth-order valence-electron chi connectivity index (χ4n) is 3.82. The smallest absolute Gasteiger partial charge is 0.313 e. The maximum Gasteiger partial charge on any atom is 0.313 e. The summed E-state index contributed by atoms with van der Waals surface area (Å²) in [6.07, 6.45) is 10.7. The monoisotopic (exact) mass is 440 g/mol. The van der Waals surface area contributed by atoms with Gasteiger partial charge < -0.3 is 8.92 Å². The first-order chi connectivity index (χ1) is 14.0. The third kappa shape index (κ3) is 7.73. The number of rotatable bonds is 7. The van der Waals surface area contributed by atoms with Crippen molar-refractivity contribution in [1.82, 2.24) is 0 Å². The molecule has 2 rings (SSSR count). The van der Waals surface area contributed by atoms with Crippen LogP contribution in [-0.2, 0) is 13.7 Å². The molecule has 0 bridgehead atoms. The van der Waals surface area contributed by atoms with Crippen molar-refractivity contribution in [2.45, 2.75) is 66.4 Å². The van der Waals surface area contributed by atoms with Crippen LogP contribution in [0, 0.1) is 17.2 Å². The van der Waals surface area contributed by atoms with E-state index in [1.807, 2.05) is 0 Å². The number of ether oxygens (including phenoxy) is 1. The van der Waals surface area contributed by atoms with Gasteiger partial charge in [-0.05, 0) is 65.9 Å². The summed E-state index contributed by atoms with van der Waals surface area (Å²) in [5.74, 6) is 0.121. The Morgan fingerprint density at radius 1 is 1.17 bits per heavy atom. The van der Waals surface area contributed by atoms with Gasteiger partial charge in [0.2, 0.25) is 0 Å². The van der Waals surface area contributed by atoms with Gasteiger partial charge in [-0.3, -0.25) is 4.79 Å². The fourth-order valence-corrected chi connectivity index (χ4v) is 5.69. The van der Waals surface area contributed by atoms with Gasteiger partial charge in [-0.1, -0.05) is 59.6 Å². The van der Waals surface area contributed by atoms with Crippen LogP contribution in [-0.4, -0.2) is 37.4 Å². The highest BCUT2D eigenvalue weighted by Crippen LogP contribution is 2.51. The molecule has 0 saturated carbocycles. The fraction of sp³-hybridized carbons (Fsp3) is 0.640. The quantitative estimate of drug-likeness (QED) is 0.428. The largest absolute Gasteiger partial charge is 0.469 e. The van der Waals surface area contributed by atoms with E-state index < -0.39 is 16.2 Å². The van der Waals surface area contributed by atoms with Gasteiger partial charge in [0, 0.05) is 0 Å². The zero-order chi connectivity index (χ0) is 22.9. The van der Waals surface area contributed by atoms with Gasteiger partial charge in [-0.2, -0.15) is 0 Å². The minimum atomic E-state index is -1.17. The lowest BCUT2D eigenvalue weighted by molar-refractivity contribution is -0.147. The number of esters is 1. The van der Waals surface area contributed by atoms with Crippen LogP contribution in [0.15, 0.2) is 30.3 Å². The lowest BCUT2D eigenvalue weighted by Gasteiger charge is -2.44. The number of carbonyl (C=O) groups is 1. The van der Waals surface area contributed by atoms with Crippen molar-refractivity contribution in [3.63, 3.8) is 0 Å². The van der Waals surface area contributed by atoms with Gasteiger partial charge in [-0.25, -0.2) is 4.39 Å². The van der Waals surface area contributed by atoms with Gasteiger partial charge in [0.25, 0.3) is 0 Å². The van der Waals surface area contributed by atoms with Crippen molar-refractivity contribution < 1.29 is 18.1 Å². The maximum atomic E-state index is 13.4. The molecule has 0 radical (unpaired) electrons. The molecule has 30 heavy (non-hydrogen) atoms. The van der Waals surface area contributed by atoms with Crippen LogP contribution in [0.3, 0.4) is 0 Å². The number of methoxy groups -OCH3 is 1. The maximum absolute atomic E-state index is 13.4. The van der Waals surface area contributed by atoms with Crippen molar-refractivity contribution in [2.24, 2.45) is 11.3 Å². The average molecular weight is 441 g/mol. The molecule has 1 aromatic rings. The number of unbranched alkanes of at least 4 members (excludes halogenated alkanes) is 1. The Morgan fingerprint density at radius 3 is 2.23 bits per heavy atom. The van der Waals surface area contributed by atoms with Crippen LogP contribution in [0.2, 0.25) is 0 Å². The molecule has 2 unspecified atom stereocenters. The first kappa shape index (κ1) is 26.7. The SMILES string of the molecule is CCC.CCCCS(C)(C)OC1C=C(c2ccc(F)cc2)C(C(=O)OC)C(C)(C)C1. The van der Waals surface area contributed by atoms with Crippen molar-refractivity contribution >= 4 is 21.9 Å². The number of halogens is 1. The van der Waals surface area contributed by atoms with E-state index in [4.69, 9.17) is 8.92 Å². The minimum absolute atomic E-state index is 0.0668. The second-order valence-corrected chi connectivity index (χ2v) is 12.6. The average Bonchev–Trinajstić information content (AvgIpc) is 2.65. The van der Waals surface area contributed by atoms with E-state index in [0.29, 0.717) is 0 Å². The first-order valence-corrected chi connectivity index (χ1v) is 13.5. The molecule has 0 aromatic heterocycles. The van der Waals surface area contributed by atoms with Gasteiger partial charge in [-0.15, -0.1) is 10.3 Å². The van der Waals surface area contributed by atoms with Crippen LogP contribution in [0.4, 0.5) is 4.39 Å². The first-order valence-electron chi connectivity index (χ1n) is 11.0. The Morgan fingerprint density at radius 2 is 1.73 bits per heavy atom. The predicted octanol–water partition coefficient (Wildman–Crippen LogP) is 7.01. The van der Waals surface area contributed by atoms with E-state index in [2.05, 4.69) is 53.2 Å².